The summed E-state index contributed by atoms with van der Waals surface area (Å²) in [5.74, 6) is 0.472. The van der Waals surface area contributed by atoms with Crippen molar-refractivity contribution in [2.24, 2.45) is 10.7 Å². The first-order valence-corrected chi connectivity index (χ1v) is 6.88. The van der Waals surface area contributed by atoms with Gasteiger partial charge in [-0.1, -0.05) is 65.7 Å². The van der Waals surface area contributed by atoms with Crippen LogP contribution < -0.4 is 5.73 Å². The largest absolute Gasteiger partial charge is 0.384 e. The zero-order valence-corrected chi connectivity index (χ0v) is 12.3. The van der Waals surface area contributed by atoms with Crippen LogP contribution >= 0.6 is 23.2 Å². The number of halogens is 2. The van der Waals surface area contributed by atoms with Crippen molar-refractivity contribution >= 4 is 35.1 Å². The van der Waals surface area contributed by atoms with E-state index in [0.717, 1.165) is 11.1 Å². The molecule has 0 amide bonds. The van der Waals surface area contributed by atoms with Gasteiger partial charge in [-0.15, -0.1) is 0 Å². The second-order valence-electron chi connectivity index (χ2n) is 4.23. The summed E-state index contributed by atoms with van der Waals surface area (Å²) >= 11 is 11.8. The summed E-state index contributed by atoms with van der Waals surface area (Å²) < 4.78 is 0. The molecule has 2 aromatic carbocycles. The van der Waals surface area contributed by atoms with Crippen LogP contribution in [0.4, 0.5) is 0 Å². The summed E-state index contributed by atoms with van der Waals surface area (Å²) in [5, 5.41) is 1.06. The zero-order chi connectivity index (χ0) is 14.4. The Hall–Kier alpha value is -1.77. The molecule has 102 valence electrons. The first-order chi connectivity index (χ1) is 9.65. The molecule has 0 atom stereocenters. The first kappa shape index (κ1) is 14.6. The SMILES string of the molecule is NC(/C=C/c1ccccc1)=NCc1ccc(Cl)c(Cl)c1. The van der Waals surface area contributed by atoms with Crippen LogP contribution in [-0.2, 0) is 6.54 Å². The van der Waals surface area contributed by atoms with Crippen molar-refractivity contribution in [3.8, 4) is 0 Å². The van der Waals surface area contributed by atoms with Gasteiger partial charge < -0.3 is 5.73 Å². The van der Waals surface area contributed by atoms with E-state index < -0.39 is 0 Å². The van der Waals surface area contributed by atoms with Crippen LogP contribution in [0.3, 0.4) is 0 Å². The zero-order valence-electron chi connectivity index (χ0n) is 10.8. The van der Waals surface area contributed by atoms with Gasteiger partial charge in [-0.25, -0.2) is 0 Å². The van der Waals surface area contributed by atoms with Gasteiger partial charge >= 0.3 is 0 Å². The molecule has 0 bridgehead atoms. The molecule has 0 spiro atoms. The molecule has 0 fully saturated rings. The van der Waals surface area contributed by atoms with E-state index in [9.17, 15) is 0 Å². The van der Waals surface area contributed by atoms with E-state index in [-0.39, 0.29) is 0 Å². The van der Waals surface area contributed by atoms with E-state index in [0.29, 0.717) is 22.4 Å². The maximum absolute atomic E-state index is 5.94. The molecule has 0 heterocycles. The van der Waals surface area contributed by atoms with E-state index >= 15 is 0 Å². The van der Waals surface area contributed by atoms with Gasteiger partial charge in [0.25, 0.3) is 0 Å². The van der Waals surface area contributed by atoms with Crippen LogP contribution in [0, 0.1) is 0 Å². The highest BCUT2D eigenvalue weighted by Crippen LogP contribution is 2.22. The van der Waals surface area contributed by atoms with Gasteiger partial charge in [-0.3, -0.25) is 4.99 Å². The molecule has 2 aromatic rings. The lowest BCUT2D eigenvalue weighted by Gasteiger charge is -2.00. The Bertz CT molecular complexity index is 634. The molecular formula is C16H14Cl2N2. The number of hydrogen-bond donors (Lipinski definition) is 1. The lowest BCUT2D eigenvalue weighted by molar-refractivity contribution is 1.06. The summed E-state index contributed by atoms with van der Waals surface area (Å²) in [6.45, 7) is 0.474. The minimum Gasteiger partial charge on any atom is -0.384 e. The number of benzene rings is 2. The predicted molar refractivity (Wildman–Crippen MR) is 87.3 cm³/mol. The van der Waals surface area contributed by atoms with Gasteiger partial charge in [0.1, 0.15) is 5.84 Å². The van der Waals surface area contributed by atoms with Crippen molar-refractivity contribution in [2.75, 3.05) is 0 Å². The number of nitrogens with zero attached hydrogens (tertiary/aromatic N) is 1. The van der Waals surface area contributed by atoms with Crippen molar-refractivity contribution in [2.45, 2.75) is 6.54 Å². The summed E-state index contributed by atoms with van der Waals surface area (Å²) in [7, 11) is 0. The van der Waals surface area contributed by atoms with Crippen LogP contribution in [0.15, 0.2) is 59.6 Å². The fourth-order valence-electron chi connectivity index (χ4n) is 1.62. The molecule has 4 heteroatoms. The smallest absolute Gasteiger partial charge is 0.118 e. The quantitative estimate of drug-likeness (QED) is 0.652. The Morgan fingerprint density at radius 1 is 1.05 bits per heavy atom. The average Bonchev–Trinajstić information content (AvgIpc) is 2.47. The van der Waals surface area contributed by atoms with E-state index in [1.165, 1.54) is 0 Å². The fourth-order valence-corrected chi connectivity index (χ4v) is 1.94. The number of amidine groups is 1. The molecule has 0 saturated heterocycles. The minimum absolute atomic E-state index is 0.472. The molecule has 2 rings (SSSR count). The van der Waals surface area contributed by atoms with E-state index in [1.54, 1.807) is 18.2 Å². The van der Waals surface area contributed by atoms with E-state index in [4.69, 9.17) is 28.9 Å². The van der Waals surface area contributed by atoms with Crippen LogP contribution in [-0.4, -0.2) is 5.84 Å². The molecule has 0 unspecified atom stereocenters. The number of hydrogen-bond acceptors (Lipinski definition) is 1. The monoisotopic (exact) mass is 304 g/mol. The summed E-state index contributed by atoms with van der Waals surface area (Å²) in [4.78, 5) is 4.29. The van der Waals surface area contributed by atoms with E-state index in [1.807, 2.05) is 42.5 Å². The molecule has 0 aliphatic rings. The standard InChI is InChI=1S/C16H14Cl2N2/c17-14-8-6-13(10-15(14)18)11-20-16(19)9-7-12-4-2-1-3-5-12/h1-10H,11H2,(H2,19,20)/b9-7+. The molecule has 2 nitrogen and oxygen atoms in total. The summed E-state index contributed by atoms with van der Waals surface area (Å²) in [6, 6.07) is 15.4. The lowest BCUT2D eigenvalue weighted by Crippen LogP contribution is -2.07. The molecule has 0 saturated carbocycles. The number of aliphatic imine (C=N–C) groups is 1. The summed E-state index contributed by atoms with van der Waals surface area (Å²) in [5.41, 5.74) is 7.89. The van der Waals surface area contributed by atoms with Crippen LogP contribution in [0.2, 0.25) is 10.0 Å². The van der Waals surface area contributed by atoms with Crippen molar-refractivity contribution in [3.05, 3.63) is 75.8 Å². The number of nitrogens with two attached hydrogens (primary N) is 1. The summed E-state index contributed by atoms with van der Waals surface area (Å²) in [6.07, 6.45) is 3.71. The first-order valence-electron chi connectivity index (χ1n) is 6.12. The van der Waals surface area contributed by atoms with E-state index in [2.05, 4.69) is 4.99 Å². The topological polar surface area (TPSA) is 38.4 Å². The number of rotatable bonds is 4. The maximum atomic E-state index is 5.94. The highest BCUT2D eigenvalue weighted by molar-refractivity contribution is 6.42. The maximum Gasteiger partial charge on any atom is 0.118 e. The van der Waals surface area contributed by atoms with Crippen LogP contribution in [0.25, 0.3) is 6.08 Å². The van der Waals surface area contributed by atoms with Gasteiger partial charge in [0.15, 0.2) is 0 Å². The molecule has 0 aliphatic carbocycles. The Balaban J connectivity index is 2.00. The van der Waals surface area contributed by atoms with Crippen molar-refractivity contribution < 1.29 is 0 Å². The second-order valence-corrected chi connectivity index (χ2v) is 5.05. The van der Waals surface area contributed by atoms with Gasteiger partial charge in [0, 0.05) is 0 Å². The third-order valence-corrected chi connectivity index (χ3v) is 3.41. The van der Waals surface area contributed by atoms with Crippen LogP contribution in [0.1, 0.15) is 11.1 Å². The Kier molecular flexibility index (Phi) is 5.22. The highest BCUT2D eigenvalue weighted by Gasteiger charge is 1.98. The Labute approximate surface area is 128 Å². The highest BCUT2D eigenvalue weighted by atomic mass is 35.5. The fraction of sp³-hybridized carbons (Fsp3) is 0.0625. The Morgan fingerprint density at radius 2 is 1.80 bits per heavy atom. The average molecular weight is 305 g/mol. The Morgan fingerprint density at radius 3 is 2.50 bits per heavy atom. The van der Waals surface area contributed by atoms with Crippen molar-refractivity contribution in [3.63, 3.8) is 0 Å². The van der Waals surface area contributed by atoms with Crippen LogP contribution in [0.5, 0.6) is 0 Å². The molecule has 0 aliphatic heterocycles. The third-order valence-electron chi connectivity index (χ3n) is 2.67. The molecule has 20 heavy (non-hydrogen) atoms. The molecule has 0 radical (unpaired) electrons. The molecular weight excluding hydrogens is 291 g/mol. The molecule has 2 N–H and O–H groups in total. The normalized spacial score (nSPS) is 12.0. The van der Waals surface area contributed by atoms with Gasteiger partial charge in [-0.05, 0) is 29.3 Å². The van der Waals surface area contributed by atoms with Gasteiger partial charge in [0.2, 0.25) is 0 Å². The molecule has 0 aromatic heterocycles. The van der Waals surface area contributed by atoms with Gasteiger partial charge in [-0.2, -0.15) is 0 Å². The second kappa shape index (κ2) is 7.13. The van der Waals surface area contributed by atoms with Crippen molar-refractivity contribution in [1.29, 1.82) is 0 Å². The minimum atomic E-state index is 0.472. The third kappa shape index (κ3) is 4.41. The van der Waals surface area contributed by atoms with Gasteiger partial charge in [0.05, 0.1) is 16.6 Å². The predicted octanol–water partition coefficient (Wildman–Crippen LogP) is 4.56. The lowest BCUT2D eigenvalue weighted by atomic mass is 10.2. The van der Waals surface area contributed by atoms with Crippen molar-refractivity contribution in [1.82, 2.24) is 0 Å².